The number of ketones is 4. The molecule has 6 rings (SSSR count). The van der Waals surface area contributed by atoms with Gasteiger partial charge >= 0.3 is 11.9 Å². The molecule has 2 atom stereocenters. The predicted octanol–water partition coefficient (Wildman–Crippen LogP) is 9.35. The Hall–Kier alpha value is -7.88. The van der Waals surface area contributed by atoms with Gasteiger partial charge in [0, 0.05) is 48.9 Å². The molecule has 4 aromatic carbocycles. The molecule has 5 N–H and O–H groups in total. The molecule has 2 aliphatic rings. The number of carbonyl (C=O) groups excluding carboxylic acids is 9. The third kappa shape index (κ3) is 23.5. The Labute approximate surface area is 553 Å². The molecule has 2 fully saturated rings. The van der Waals surface area contributed by atoms with Gasteiger partial charge in [0.05, 0.1) is 12.8 Å². The summed E-state index contributed by atoms with van der Waals surface area (Å²) in [5.41, 5.74) is 2.09. The van der Waals surface area contributed by atoms with Crippen LogP contribution in [-0.4, -0.2) is 107 Å². The smallest absolute Gasteiger partial charge is 0.308 e. The Morgan fingerprint density at radius 2 is 0.809 bits per heavy atom. The number of rotatable bonds is 24. The van der Waals surface area contributed by atoms with Crippen LogP contribution in [-0.2, 0) is 76.4 Å². The van der Waals surface area contributed by atoms with Crippen molar-refractivity contribution in [3.63, 3.8) is 0 Å². The number of carboxylic acids is 1. The molecule has 0 aromatic heterocycles. The Bertz CT molecular complexity index is 3380. The Morgan fingerprint density at radius 3 is 1.12 bits per heavy atom. The first-order valence-corrected chi connectivity index (χ1v) is 29.7. The molecule has 0 heterocycles. The molecular weight excluding hydrogens is 1290 g/mol. The van der Waals surface area contributed by atoms with Gasteiger partial charge in [-0.25, -0.2) is 17.6 Å². The van der Waals surface area contributed by atoms with Crippen LogP contribution in [0.1, 0.15) is 149 Å². The van der Waals surface area contributed by atoms with Crippen molar-refractivity contribution in [1.29, 1.82) is 0 Å². The van der Waals surface area contributed by atoms with Crippen LogP contribution in [0.2, 0.25) is 0 Å². The molecule has 2 aliphatic carbocycles. The van der Waals surface area contributed by atoms with Crippen molar-refractivity contribution in [3.05, 3.63) is 129 Å². The molecule has 516 valence electrons. The van der Waals surface area contributed by atoms with Crippen LogP contribution >= 0.6 is 27.0 Å². The molecule has 18 nitrogen and oxygen atoms in total. The van der Waals surface area contributed by atoms with Crippen LogP contribution in [0.15, 0.2) is 60.7 Å². The van der Waals surface area contributed by atoms with E-state index >= 15 is 0 Å². The van der Waals surface area contributed by atoms with E-state index in [2.05, 4.69) is 26.0 Å². The fourth-order valence-corrected chi connectivity index (χ4v) is 10.5. The molecule has 28 heteroatoms. The van der Waals surface area contributed by atoms with Crippen molar-refractivity contribution in [2.45, 2.75) is 180 Å². The van der Waals surface area contributed by atoms with E-state index in [0.29, 0.717) is 25.7 Å². The van der Waals surface area contributed by atoms with Crippen LogP contribution < -0.4 is 30.7 Å². The van der Waals surface area contributed by atoms with E-state index in [1.54, 1.807) is 26.8 Å². The second-order valence-electron chi connectivity index (χ2n) is 25.7. The molecule has 0 unspecified atom stereocenters. The summed E-state index contributed by atoms with van der Waals surface area (Å²) in [6.07, 6.45) is 0.778. The third-order valence-electron chi connectivity index (χ3n) is 15.2. The predicted molar refractivity (Wildman–Crippen MR) is 336 cm³/mol. The van der Waals surface area contributed by atoms with E-state index in [1.165, 1.54) is 0 Å². The van der Waals surface area contributed by atoms with Gasteiger partial charge in [0.25, 0.3) is 11.8 Å². The second kappa shape index (κ2) is 35.0. The molecule has 0 bridgehead atoms. The van der Waals surface area contributed by atoms with E-state index in [0.717, 1.165) is 22.3 Å². The number of aliphatic carboxylic acids is 1. The van der Waals surface area contributed by atoms with Gasteiger partial charge in [-0.2, -0.15) is 44.6 Å². The molecule has 0 radical (unpaired) electrons. The lowest BCUT2D eigenvalue weighted by molar-refractivity contribution is -0.156. The largest absolute Gasteiger partial charge is 0.481 e. The Kier molecular flexibility index (Phi) is 29.9. The quantitative estimate of drug-likeness (QED) is 0.0189. The highest BCUT2D eigenvalue weighted by molar-refractivity contribution is 7.59. The highest BCUT2D eigenvalue weighted by Crippen LogP contribution is 2.32. The van der Waals surface area contributed by atoms with Crippen LogP contribution in [0.4, 0.5) is 35.1 Å². The number of amides is 4. The maximum atomic E-state index is 14.0. The number of Topliss-reactive ketones (excluding diaryl/α,β-unsaturated/α-hetero) is 4. The normalized spacial score (nSPS) is 16.9. The van der Waals surface area contributed by atoms with Gasteiger partial charge < -0.3 is 40.6 Å². The van der Waals surface area contributed by atoms with Crippen LogP contribution in [0.5, 0.6) is 11.5 Å². The van der Waals surface area contributed by atoms with E-state index in [9.17, 15) is 88.2 Å². The lowest BCUT2D eigenvalue weighted by Crippen LogP contribution is -2.49. The van der Waals surface area contributed by atoms with Crippen molar-refractivity contribution in [3.8, 4) is 11.5 Å². The van der Waals surface area contributed by atoms with Gasteiger partial charge in [-0.15, -0.1) is 0 Å². The first-order valence-electron chi connectivity index (χ1n) is 29.7. The average Bonchev–Trinajstić information content (AvgIpc) is 0.873. The number of nitrogens with one attached hydrogen (secondary N) is 4. The van der Waals surface area contributed by atoms with Crippen molar-refractivity contribution in [2.24, 2.45) is 11.8 Å². The average molecular weight is 1370 g/mol. The first kappa shape index (κ1) is 80.4. The summed E-state index contributed by atoms with van der Waals surface area (Å²) in [5, 5.41) is 19.4. The number of hydrogen-bond donors (Lipinski definition) is 5. The minimum Gasteiger partial charge on any atom is -0.481 e. The van der Waals surface area contributed by atoms with E-state index in [4.69, 9.17) is 9.47 Å². The number of benzene rings is 4. The maximum Gasteiger partial charge on any atom is 0.308 e. The van der Waals surface area contributed by atoms with Crippen molar-refractivity contribution in [1.82, 2.24) is 21.3 Å². The number of hydrogen-bond acceptors (Lipinski definition) is 13. The van der Waals surface area contributed by atoms with Crippen LogP contribution in [0.3, 0.4) is 0 Å². The fourth-order valence-electron chi connectivity index (χ4n) is 10.5. The van der Waals surface area contributed by atoms with Gasteiger partial charge in [-0.3, -0.25) is 47.9 Å². The Morgan fingerprint density at radius 1 is 0.489 bits per heavy atom. The summed E-state index contributed by atoms with van der Waals surface area (Å²) >= 11 is 0. The minimum atomic E-state index is -1.88. The summed E-state index contributed by atoms with van der Waals surface area (Å²) in [7, 11) is 0. The molecule has 4 amide bonds. The first-order chi connectivity index (χ1) is 42.8. The van der Waals surface area contributed by atoms with Gasteiger partial charge in [0.15, 0.2) is 46.3 Å². The molecule has 0 spiro atoms. The minimum absolute atomic E-state index is 0. The zero-order valence-corrected chi connectivity index (χ0v) is 55.4. The summed E-state index contributed by atoms with van der Waals surface area (Å²) in [6, 6.07) is 10.8. The highest BCUT2D eigenvalue weighted by atomic mass is 32.1. The van der Waals surface area contributed by atoms with Gasteiger partial charge in [-0.05, 0) is 105 Å². The zero-order chi connectivity index (χ0) is 68.7. The number of ether oxygens (including phenoxy) is 3. The van der Waals surface area contributed by atoms with E-state index in [-0.39, 0.29) is 101 Å². The monoisotopic (exact) mass is 1370 g/mol. The molecule has 94 heavy (non-hydrogen) atoms. The lowest BCUT2D eigenvalue weighted by Gasteiger charge is -2.29. The molecular formula is C66H80F8N4O14S2. The zero-order valence-electron chi connectivity index (χ0n) is 53.4. The SMILES string of the molecule is CC(C)(C)OC(=O)C[C@H](NC(=O)C1CCC(NC(=O)C(=O)Cc2ccccc2C(C)(C)C)CC1)C(=O)COc1c(F)c(F)cc(F)c1F.CC(C)(C)c1ccccc1CC(=O)C(=O)NC1CCC(C(=O)N[C@@H](CC(=O)O)C(=O)COc2c(F)c(F)cc(F)c2F)CC1.S.S. The molecule has 4 aromatic rings. The molecule has 0 saturated heterocycles. The summed E-state index contributed by atoms with van der Waals surface area (Å²) in [6.45, 7) is 14.5. The number of carbonyl (C=O) groups is 10. The van der Waals surface area contributed by atoms with E-state index in [1.807, 2.05) is 84.0 Å². The van der Waals surface area contributed by atoms with E-state index < -0.39 is 172 Å². The molecule has 0 aliphatic heterocycles. The van der Waals surface area contributed by atoms with Gasteiger partial charge in [0.2, 0.25) is 46.6 Å². The van der Waals surface area contributed by atoms with Crippen molar-refractivity contribution >= 4 is 85.7 Å². The molecule has 2 saturated carbocycles. The summed E-state index contributed by atoms with van der Waals surface area (Å²) < 4.78 is 124. The number of carboxylic acid groups (broad SMARTS) is 1. The summed E-state index contributed by atoms with van der Waals surface area (Å²) in [5.74, 6) is -27.1. The summed E-state index contributed by atoms with van der Waals surface area (Å²) in [4.78, 5) is 126. The third-order valence-corrected chi connectivity index (χ3v) is 15.2. The Balaban J connectivity index is 0.000000482. The standard InChI is InChI=1S/C35H42F4N2O7.C31H34F4N2O7.2H2S/c1-34(2,3)22-10-8-7-9-20(22)15-26(42)33(46)40-21-13-11-19(12-14-21)32(45)41-25(17-28(44)48-35(4,5)6)27(43)18-47-31-29(38)23(36)16-24(37)30(31)39;1-31(2,3)19-7-5-4-6-17(19)12-23(38)30(43)36-18-10-8-16(9-11-18)29(42)37-22(14-25(40)41)24(39)15-44-28-26(34)20(32)13-21(33)27(28)35;;/h7-10,16,19,21,25H,11-15,17-18H2,1-6H3,(H,40,46)(H,41,45);4-7,13,16,18,22H,8-12,14-15H2,1-3H3,(H,36,43)(H,37,42)(H,40,41);2*1H2/t19?,21?,25-;16?,18?,22-;;/m00../s1. The van der Waals surface area contributed by atoms with Crippen molar-refractivity contribution < 1.29 is 102 Å². The number of esters is 1. The topological polar surface area (TPSA) is 267 Å². The lowest BCUT2D eigenvalue weighted by atomic mass is 9.82. The van der Waals surface area contributed by atoms with Crippen LogP contribution in [0, 0.1) is 58.4 Å². The van der Waals surface area contributed by atoms with Crippen molar-refractivity contribution in [2.75, 3.05) is 13.2 Å². The van der Waals surface area contributed by atoms with Gasteiger partial charge in [0.1, 0.15) is 30.9 Å². The van der Waals surface area contributed by atoms with Gasteiger partial charge in [-0.1, -0.05) is 90.1 Å². The fraction of sp³-hybridized carbons (Fsp3) is 0.485. The van der Waals surface area contributed by atoms with Crippen LogP contribution in [0.25, 0.3) is 0 Å². The second-order valence-corrected chi connectivity index (χ2v) is 25.7. The number of halogens is 8. The highest BCUT2D eigenvalue weighted by Gasteiger charge is 2.36. The maximum absolute atomic E-state index is 14.0.